The van der Waals surface area contributed by atoms with Crippen molar-refractivity contribution < 1.29 is 32.3 Å². The Balaban J connectivity index is 1.30. The van der Waals surface area contributed by atoms with Crippen molar-refractivity contribution in [2.45, 2.75) is 69.4 Å². The van der Waals surface area contributed by atoms with Gasteiger partial charge < -0.3 is 19.1 Å². The smallest absolute Gasteiger partial charge is 0.508 e. The lowest BCUT2D eigenvalue weighted by Gasteiger charge is -2.29. The summed E-state index contributed by atoms with van der Waals surface area (Å²) in [6.07, 6.45) is 0.932. The van der Waals surface area contributed by atoms with Crippen molar-refractivity contribution >= 4 is 0 Å². The molecule has 3 aromatic rings. The number of alkyl halides is 3. The van der Waals surface area contributed by atoms with Crippen LogP contribution < -0.4 is 4.74 Å². The summed E-state index contributed by atoms with van der Waals surface area (Å²) < 4.78 is 54.9. The Morgan fingerprint density at radius 3 is 2.26 bits per heavy atom. The number of para-hydroxylation sites is 1. The Bertz CT molecular complexity index is 1110. The van der Waals surface area contributed by atoms with E-state index in [0.29, 0.717) is 22.9 Å². The van der Waals surface area contributed by atoms with Gasteiger partial charge in [-0.15, -0.1) is 13.2 Å². The molecule has 0 spiro atoms. The van der Waals surface area contributed by atoms with E-state index in [9.17, 15) is 18.3 Å². The van der Waals surface area contributed by atoms with Crippen molar-refractivity contribution in [2.75, 3.05) is 0 Å². The molecular weight excluding hydrogens is 447 g/mol. The zero-order valence-corrected chi connectivity index (χ0v) is 18.6. The van der Waals surface area contributed by atoms with E-state index in [2.05, 4.69) is 9.89 Å². The molecule has 0 aliphatic heterocycles. The number of aromatic hydroxyl groups is 1. The predicted octanol–water partition coefficient (Wildman–Crippen LogP) is 7.07. The van der Waals surface area contributed by atoms with E-state index in [1.165, 1.54) is 17.7 Å². The summed E-state index contributed by atoms with van der Waals surface area (Å²) in [6, 6.07) is 13.3. The number of benzene rings is 2. The normalized spacial score (nSPS) is 20.9. The fourth-order valence-electron chi connectivity index (χ4n) is 4.73. The maximum Gasteiger partial charge on any atom is 0.573 e. The molecule has 2 saturated carbocycles. The fraction of sp³-hybridized carbons (Fsp3) is 0.423. The summed E-state index contributed by atoms with van der Waals surface area (Å²) >= 11 is 0. The molecule has 2 aliphatic carbocycles. The maximum atomic E-state index is 12.9. The van der Waals surface area contributed by atoms with E-state index in [4.69, 9.17) is 9.26 Å². The highest BCUT2D eigenvalue weighted by Gasteiger charge is 2.36. The van der Waals surface area contributed by atoms with Crippen LogP contribution in [-0.4, -0.2) is 22.7 Å². The zero-order chi connectivity index (χ0) is 23.7. The van der Waals surface area contributed by atoms with Crippen LogP contribution in [0.2, 0.25) is 0 Å². The molecule has 0 radical (unpaired) electrons. The van der Waals surface area contributed by atoms with Gasteiger partial charge in [0.25, 0.3) is 0 Å². The van der Waals surface area contributed by atoms with Crippen LogP contribution in [0.1, 0.15) is 67.2 Å². The van der Waals surface area contributed by atoms with Crippen LogP contribution in [0.4, 0.5) is 13.2 Å². The first-order valence-corrected chi connectivity index (χ1v) is 11.6. The maximum absolute atomic E-state index is 12.9. The minimum Gasteiger partial charge on any atom is -0.508 e. The van der Waals surface area contributed by atoms with Crippen LogP contribution in [0, 0.1) is 0 Å². The lowest BCUT2D eigenvalue weighted by molar-refractivity contribution is -0.274. The van der Waals surface area contributed by atoms with Gasteiger partial charge in [-0.25, -0.2) is 0 Å². The number of phenolic OH excluding ortho intramolecular Hbond substituents is 1. The third-order valence-corrected chi connectivity index (χ3v) is 6.64. The number of hydrogen-bond acceptors (Lipinski definition) is 5. The summed E-state index contributed by atoms with van der Waals surface area (Å²) in [5.41, 5.74) is 2.51. The first-order valence-electron chi connectivity index (χ1n) is 11.6. The van der Waals surface area contributed by atoms with Crippen LogP contribution in [0.25, 0.3) is 11.3 Å². The average molecular weight is 473 g/mol. The molecule has 5 rings (SSSR count). The third-order valence-electron chi connectivity index (χ3n) is 6.64. The number of phenols is 1. The molecule has 2 fully saturated rings. The highest BCUT2D eigenvalue weighted by atomic mass is 19.4. The molecule has 0 unspecified atom stereocenters. The summed E-state index contributed by atoms with van der Waals surface area (Å²) in [4.78, 5) is 0. The summed E-state index contributed by atoms with van der Waals surface area (Å²) in [7, 11) is 0. The number of nitrogens with zero attached hydrogens (tertiary/aromatic N) is 1. The molecular formula is C26H26F3NO4. The van der Waals surface area contributed by atoms with Gasteiger partial charge in [0.15, 0.2) is 0 Å². The van der Waals surface area contributed by atoms with Gasteiger partial charge in [0, 0.05) is 17.0 Å². The lowest BCUT2D eigenvalue weighted by atomic mass is 9.83. The topological polar surface area (TPSA) is 64.7 Å². The molecule has 0 saturated heterocycles. The standard InChI is InChI=1S/C26H26F3NO4/c27-26(28,29)33-23-4-2-1-3-21(23)24-22(25(34-30-24)18-5-6-18)15-32-20-13-9-17(10-14-20)16-7-11-19(31)12-8-16/h1-4,7-8,11-12,17-18,20,31H,5-6,9-10,13-15H2. The Hall–Kier alpha value is -3.00. The van der Waals surface area contributed by atoms with Crippen LogP contribution in [0.15, 0.2) is 53.1 Å². The molecule has 8 heteroatoms. The van der Waals surface area contributed by atoms with Crippen molar-refractivity contribution in [3.05, 3.63) is 65.4 Å². The molecule has 0 bridgehead atoms. The number of aromatic nitrogens is 1. The molecule has 2 aliphatic rings. The van der Waals surface area contributed by atoms with E-state index in [0.717, 1.165) is 38.5 Å². The minimum atomic E-state index is -4.80. The molecule has 1 N–H and O–H groups in total. The molecule has 5 nitrogen and oxygen atoms in total. The fourth-order valence-corrected chi connectivity index (χ4v) is 4.73. The second-order valence-electron chi connectivity index (χ2n) is 9.07. The van der Waals surface area contributed by atoms with Crippen LogP contribution >= 0.6 is 0 Å². The second-order valence-corrected chi connectivity index (χ2v) is 9.07. The largest absolute Gasteiger partial charge is 0.573 e. The highest BCUT2D eigenvalue weighted by molar-refractivity contribution is 5.70. The summed E-state index contributed by atoms with van der Waals surface area (Å²) in [6.45, 7) is 0.236. The quantitative estimate of drug-likeness (QED) is 0.398. The van der Waals surface area contributed by atoms with Crippen molar-refractivity contribution in [1.29, 1.82) is 0 Å². The molecule has 180 valence electrons. The van der Waals surface area contributed by atoms with Crippen molar-refractivity contribution in [2.24, 2.45) is 0 Å². The lowest BCUT2D eigenvalue weighted by Crippen LogP contribution is -2.21. The van der Waals surface area contributed by atoms with Gasteiger partial charge in [-0.05, 0) is 74.3 Å². The second kappa shape index (κ2) is 9.33. The van der Waals surface area contributed by atoms with E-state index in [1.807, 2.05) is 12.1 Å². The number of halogens is 3. The molecule has 0 amide bonds. The molecule has 0 atom stereocenters. The third kappa shape index (κ3) is 5.22. The van der Waals surface area contributed by atoms with Crippen LogP contribution in [0.5, 0.6) is 11.5 Å². The van der Waals surface area contributed by atoms with Gasteiger partial charge in [0.2, 0.25) is 0 Å². The van der Waals surface area contributed by atoms with Crippen LogP contribution in [0.3, 0.4) is 0 Å². The zero-order valence-electron chi connectivity index (χ0n) is 18.6. The van der Waals surface area contributed by atoms with Crippen molar-refractivity contribution in [1.82, 2.24) is 5.16 Å². The van der Waals surface area contributed by atoms with E-state index in [1.54, 1.807) is 24.3 Å². The van der Waals surface area contributed by atoms with E-state index >= 15 is 0 Å². The molecule has 2 aromatic carbocycles. The average Bonchev–Trinajstić information content (AvgIpc) is 3.57. The number of ether oxygens (including phenoxy) is 2. The van der Waals surface area contributed by atoms with E-state index < -0.39 is 6.36 Å². The van der Waals surface area contributed by atoms with E-state index in [-0.39, 0.29) is 35.7 Å². The van der Waals surface area contributed by atoms with Crippen molar-refractivity contribution in [3.63, 3.8) is 0 Å². The number of hydrogen-bond donors (Lipinski definition) is 1. The SMILES string of the molecule is Oc1ccc(C2CCC(OCc3c(-c4ccccc4OC(F)(F)F)noc3C3CC3)CC2)cc1. The van der Waals surface area contributed by atoms with Gasteiger partial charge >= 0.3 is 6.36 Å². The summed E-state index contributed by atoms with van der Waals surface area (Å²) in [5, 5.41) is 13.6. The minimum absolute atomic E-state index is 0.0600. The van der Waals surface area contributed by atoms with Crippen LogP contribution in [-0.2, 0) is 11.3 Å². The Morgan fingerprint density at radius 1 is 0.912 bits per heavy atom. The van der Waals surface area contributed by atoms with Gasteiger partial charge in [-0.3, -0.25) is 0 Å². The van der Waals surface area contributed by atoms with Gasteiger partial charge in [-0.2, -0.15) is 0 Å². The first-order chi connectivity index (χ1) is 16.4. The Labute approximate surface area is 195 Å². The van der Waals surface area contributed by atoms with Gasteiger partial charge in [-0.1, -0.05) is 29.4 Å². The predicted molar refractivity (Wildman–Crippen MR) is 118 cm³/mol. The van der Waals surface area contributed by atoms with Gasteiger partial charge in [0.05, 0.1) is 12.7 Å². The first kappa shape index (κ1) is 22.8. The summed E-state index contributed by atoms with van der Waals surface area (Å²) in [5.74, 6) is 1.33. The molecule has 1 heterocycles. The van der Waals surface area contributed by atoms with Gasteiger partial charge in [0.1, 0.15) is 23.0 Å². The Kier molecular flexibility index (Phi) is 6.25. The van der Waals surface area contributed by atoms with Crippen molar-refractivity contribution in [3.8, 4) is 22.8 Å². The highest BCUT2D eigenvalue weighted by Crippen LogP contribution is 2.46. The molecule has 1 aromatic heterocycles. The number of rotatable bonds is 7. The molecule has 34 heavy (non-hydrogen) atoms. The Morgan fingerprint density at radius 2 is 1.59 bits per heavy atom. The monoisotopic (exact) mass is 473 g/mol.